The lowest BCUT2D eigenvalue weighted by Gasteiger charge is -2.30. The second kappa shape index (κ2) is 7.39. The minimum absolute atomic E-state index is 0.244. The van der Waals surface area contributed by atoms with Gasteiger partial charge in [0.15, 0.2) is 11.0 Å². The third kappa shape index (κ3) is 4.11. The van der Waals surface area contributed by atoms with E-state index >= 15 is 0 Å². The fourth-order valence-electron chi connectivity index (χ4n) is 2.81. The van der Waals surface area contributed by atoms with Crippen molar-refractivity contribution in [2.24, 2.45) is 0 Å². The lowest BCUT2D eigenvalue weighted by Crippen LogP contribution is -2.37. The van der Waals surface area contributed by atoms with Crippen molar-refractivity contribution >= 4 is 34.5 Å². The number of benzene rings is 1. The molecule has 1 fully saturated rings. The largest absolute Gasteiger partial charge is 0.465 e. The highest BCUT2D eigenvalue weighted by molar-refractivity contribution is 6.10. The van der Waals surface area contributed by atoms with Crippen LogP contribution in [0.15, 0.2) is 10.7 Å². The summed E-state index contributed by atoms with van der Waals surface area (Å²) in [6, 6.07) is 1.49. The Hall–Kier alpha value is -2.88. The normalized spacial score (nSPS) is 14.9. The Morgan fingerprint density at radius 2 is 1.85 bits per heavy atom. The maximum atomic E-state index is 12.4. The number of ether oxygens (including phenoxy) is 3. The summed E-state index contributed by atoms with van der Waals surface area (Å²) in [5.74, 6) is -0.561. The van der Waals surface area contributed by atoms with Gasteiger partial charge in [-0.25, -0.2) is 14.2 Å². The fraction of sp³-hybridized carbons (Fsp3) is 0.529. The smallest absolute Gasteiger partial charge is 0.412 e. The van der Waals surface area contributed by atoms with Crippen molar-refractivity contribution in [1.82, 2.24) is 10.3 Å². The number of rotatable bonds is 3. The number of carbonyl (C=O) groups excluding carboxylic acids is 2. The average Bonchev–Trinajstić information content (AvgIpc) is 3.09. The average molecular weight is 378 g/mol. The van der Waals surface area contributed by atoms with Crippen LogP contribution in [0.25, 0.3) is 11.0 Å². The van der Waals surface area contributed by atoms with E-state index in [0.717, 1.165) is 0 Å². The summed E-state index contributed by atoms with van der Waals surface area (Å²) in [6.45, 7) is 7.44. The van der Waals surface area contributed by atoms with Crippen LogP contribution in [0.4, 0.5) is 16.2 Å². The molecule has 1 aromatic heterocycles. The van der Waals surface area contributed by atoms with E-state index < -0.39 is 17.7 Å². The Kier molecular flexibility index (Phi) is 5.17. The number of nitrogens with zero attached hydrogens (tertiary/aromatic N) is 3. The Bertz CT molecular complexity index is 851. The van der Waals surface area contributed by atoms with Crippen molar-refractivity contribution in [3.05, 3.63) is 11.6 Å². The van der Waals surface area contributed by atoms with Crippen LogP contribution < -0.4 is 10.2 Å². The highest BCUT2D eigenvalue weighted by atomic mass is 16.6. The van der Waals surface area contributed by atoms with Gasteiger partial charge in [0.05, 0.1) is 37.3 Å². The molecule has 1 aliphatic heterocycles. The van der Waals surface area contributed by atoms with Gasteiger partial charge in [-0.2, -0.15) is 0 Å². The number of carbonyl (C=O) groups is 2. The van der Waals surface area contributed by atoms with Gasteiger partial charge in [0.2, 0.25) is 0 Å². The quantitative estimate of drug-likeness (QED) is 0.802. The minimum Gasteiger partial charge on any atom is -0.465 e. The van der Waals surface area contributed by atoms with Gasteiger partial charge in [0, 0.05) is 13.1 Å². The van der Waals surface area contributed by atoms with E-state index in [2.05, 4.69) is 15.6 Å². The molecule has 0 unspecified atom stereocenters. The molecule has 0 radical (unpaired) electrons. The van der Waals surface area contributed by atoms with Crippen LogP contribution in [0.3, 0.4) is 0 Å². The standard InChI is InChI=1S/C17H22N4O6/c1-17(2,3)26-16(23)18-11-9-10(15(22)24-4)14(13-12(11)19-27-20-13)21-5-7-25-8-6-21/h9H,5-8H2,1-4H3,(H,18,23). The summed E-state index contributed by atoms with van der Waals surface area (Å²) < 4.78 is 20.4. The van der Waals surface area contributed by atoms with Crippen LogP contribution in [-0.2, 0) is 14.2 Å². The lowest BCUT2D eigenvalue weighted by molar-refractivity contribution is 0.0596. The highest BCUT2D eigenvalue weighted by Crippen LogP contribution is 2.35. The molecule has 10 nitrogen and oxygen atoms in total. The fourth-order valence-corrected chi connectivity index (χ4v) is 2.81. The monoisotopic (exact) mass is 378 g/mol. The summed E-state index contributed by atoms with van der Waals surface area (Å²) in [5, 5.41) is 10.4. The van der Waals surface area contributed by atoms with Gasteiger partial charge in [-0.3, -0.25) is 5.32 Å². The predicted molar refractivity (Wildman–Crippen MR) is 96.0 cm³/mol. The summed E-state index contributed by atoms with van der Waals surface area (Å²) in [4.78, 5) is 26.5. The molecular formula is C17H22N4O6. The molecule has 0 saturated carbocycles. The Morgan fingerprint density at radius 3 is 2.48 bits per heavy atom. The van der Waals surface area contributed by atoms with Crippen molar-refractivity contribution < 1.29 is 28.4 Å². The number of esters is 1. The first-order chi connectivity index (χ1) is 12.8. The van der Waals surface area contributed by atoms with Crippen LogP contribution in [0, 0.1) is 0 Å². The lowest BCUT2D eigenvalue weighted by atomic mass is 10.1. The van der Waals surface area contributed by atoms with Gasteiger partial charge >= 0.3 is 12.1 Å². The number of morpholine rings is 1. The molecule has 146 valence electrons. The van der Waals surface area contributed by atoms with Gasteiger partial charge in [-0.15, -0.1) is 0 Å². The van der Waals surface area contributed by atoms with Crippen molar-refractivity contribution in [1.29, 1.82) is 0 Å². The Balaban J connectivity index is 2.07. The molecular weight excluding hydrogens is 356 g/mol. The number of methoxy groups -OCH3 is 1. The van der Waals surface area contributed by atoms with Gasteiger partial charge in [-0.05, 0) is 37.2 Å². The van der Waals surface area contributed by atoms with Crippen LogP contribution in [0.5, 0.6) is 0 Å². The van der Waals surface area contributed by atoms with Gasteiger partial charge in [0.1, 0.15) is 5.60 Å². The van der Waals surface area contributed by atoms with E-state index in [1.165, 1.54) is 13.2 Å². The van der Waals surface area contributed by atoms with E-state index in [4.69, 9.17) is 18.8 Å². The van der Waals surface area contributed by atoms with Crippen LogP contribution in [-0.4, -0.2) is 61.4 Å². The molecule has 2 heterocycles. The van der Waals surface area contributed by atoms with Crippen LogP contribution in [0.1, 0.15) is 31.1 Å². The zero-order chi connectivity index (χ0) is 19.6. The van der Waals surface area contributed by atoms with E-state index in [0.29, 0.717) is 43.0 Å². The van der Waals surface area contributed by atoms with Crippen LogP contribution in [0.2, 0.25) is 0 Å². The van der Waals surface area contributed by atoms with Crippen molar-refractivity contribution in [2.45, 2.75) is 26.4 Å². The van der Waals surface area contributed by atoms with Crippen molar-refractivity contribution in [3.63, 3.8) is 0 Å². The number of anilines is 2. The molecule has 0 bridgehead atoms. The van der Waals surface area contributed by atoms with Gasteiger partial charge < -0.3 is 19.1 Å². The first-order valence-corrected chi connectivity index (χ1v) is 8.50. The zero-order valence-corrected chi connectivity index (χ0v) is 15.7. The maximum absolute atomic E-state index is 12.4. The van der Waals surface area contributed by atoms with Gasteiger partial charge in [-0.1, -0.05) is 0 Å². The van der Waals surface area contributed by atoms with Crippen LogP contribution >= 0.6 is 0 Å². The summed E-state index contributed by atoms with van der Waals surface area (Å²) in [6.07, 6.45) is -0.679. The molecule has 3 rings (SSSR count). The summed E-state index contributed by atoms with van der Waals surface area (Å²) in [5.41, 5.74) is 1.02. The molecule has 0 spiro atoms. The van der Waals surface area contributed by atoms with E-state index in [1.54, 1.807) is 20.8 Å². The maximum Gasteiger partial charge on any atom is 0.412 e. The first-order valence-electron chi connectivity index (χ1n) is 8.50. The molecule has 1 amide bonds. The Labute approximate surface area is 155 Å². The number of hydrogen-bond donors (Lipinski definition) is 1. The second-order valence-corrected chi connectivity index (χ2v) is 7.00. The first kappa shape index (κ1) is 18.9. The SMILES string of the molecule is COC(=O)c1cc(NC(=O)OC(C)(C)C)c2nonc2c1N1CCOCC1. The molecule has 0 atom stereocenters. The van der Waals surface area contributed by atoms with Crippen molar-refractivity contribution in [3.8, 4) is 0 Å². The molecule has 1 aliphatic rings. The predicted octanol–water partition coefficient (Wildman–Crippen LogP) is 2.19. The molecule has 1 aromatic carbocycles. The molecule has 10 heteroatoms. The number of hydrogen-bond acceptors (Lipinski definition) is 9. The highest BCUT2D eigenvalue weighted by Gasteiger charge is 2.28. The number of fused-ring (bicyclic) bond motifs is 1. The van der Waals surface area contributed by atoms with Gasteiger partial charge in [0.25, 0.3) is 0 Å². The third-order valence-corrected chi connectivity index (χ3v) is 3.88. The van der Waals surface area contributed by atoms with E-state index in [-0.39, 0.29) is 11.3 Å². The minimum atomic E-state index is -0.679. The molecule has 1 saturated heterocycles. The zero-order valence-electron chi connectivity index (χ0n) is 15.7. The topological polar surface area (TPSA) is 116 Å². The Morgan fingerprint density at radius 1 is 1.19 bits per heavy atom. The summed E-state index contributed by atoms with van der Waals surface area (Å²) >= 11 is 0. The molecule has 2 aromatic rings. The number of amides is 1. The number of nitrogens with one attached hydrogen (secondary N) is 1. The second-order valence-electron chi connectivity index (χ2n) is 7.00. The molecule has 1 N–H and O–H groups in total. The third-order valence-electron chi connectivity index (χ3n) is 3.88. The van der Waals surface area contributed by atoms with E-state index in [9.17, 15) is 9.59 Å². The number of aromatic nitrogens is 2. The van der Waals surface area contributed by atoms with Crippen molar-refractivity contribution in [2.75, 3.05) is 43.6 Å². The summed E-state index contributed by atoms with van der Waals surface area (Å²) in [7, 11) is 1.29. The molecule has 27 heavy (non-hydrogen) atoms. The molecule has 0 aliphatic carbocycles. The van der Waals surface area contributed by atoms with E-state index in [1.807, 2.05) is 4.90 Å².